The Hall–Kier alpha value is -2.40. The molecule has 5 nitrogen and oxygen atoms in total. The van der Waals surface area contributed by atoms with Crippen molar-refractivity contribution in [2.45, 2.75) is 52.9 Å². The number of amides is 1. The molecule has 154 valence electrons. The van der Waals surface area contributed by atoms with Gasteiger partial charge in [0.25, 0.3) is 0 Å². The molecular formula is C23H29ClN4O. The van der Waals surface area contributed by atoms with Gasteiger partial charge in [-0.05, 0) is 31.9 Å². The molecule has 0 spiro atoms. The summed E-state index contributed by atoms with van der Waals surface area (Å²) in [5, 5.41) is 4.81. The van der Waals surface area contributed by atoms with Gasteiger partial charge in [0.15, 0.2) is 5.65 Å². The van der Waals surface area contributed by atoms with Crippen molar-refractivity contribution in [1.29, 1.82) is 0 Å². The van der Waals surface area contributed by atoms with Crippen LogP contribution in [0.15, 0.2) is 36.4 Å². The SMILES string of the molecule is CCCCN(CCCC)C(=O)Cc1c(-c2ccc(C)cc2)nc2ccc(Cl)nn12. The zero-order chi connectivity index (χ0) is 20.8. The Kier molecular flexibility index (Phi) is 7.26. The molecule has 0 aliphatic heterocycles. The summed E-state index contributed by atoms with van der Waals surface area (Å²) in [6.45, 7) is 7.93. The lowest BCUT2D eigenvalue weighted by atomic mass is 10.1. The van der Waals surface area contributed by atoms with E-state index in [0.717, 1.165) is 55.7 Å². The van der Waals surface area contributed by atoms with Gasteiger partial charge in [0, 0.05) is 18.7 Å². The highest BCUT2D eigenvalue weighted by atomic mass is 35.5. The second kappa shape index (κ2) is 9.88. The quantitative estimate of drug-likeness (QED) is 0.477. The van der Waals surface area contributed by atoms with Gasteiger partial charge in [-0.25, -0.2) is 9.50 Å². The molecule has 0 atom stereocenters. The number of aryl methyl sites for hydroxylation is 1. The van der Waals surface area contributed by atoms with E-state index < -0.39 is 0 Å². The molecule has 29 heavy (non-hydrogen) atoms. The van der Waals surface area contributed by atoms with Crippen LogP contribution in [0.3, 0.4) is 0 Å². The van der Waals surface area contributed by atoms with Gasteiger partial charge in [0.05, 0.1) is 17.8 Å². The van der Waals surface area contributed by atoms with Gasteiger partial charge in [-0.2, -0.15) is 5.10 Å². The van der Waals surface area contributed by atoms with Crippen LogP contribution >= 0.6 is 11.6 Å². The fourth-order valence-corrected chi connectivity index (χ4v) is 3.51. The minimum Gasteiger partial charge on any atom is -0.342 e. The number of hydrogen-bond donors (Lipinski definition) is 0. The second-order valence-electron chi connectivity index (χ2n) is 7.46. The van der Waals surface area contributed by atoms with E-state index in [4.69, 9.17) is 16.6 Å². The van der Waals surface area contributed by atoms with Crippen molar-refractivity contribution in [3.63, 3.8) is 0 Å². The van der Waals surface area contributed by atoms with Crippen LogP contribution < -0.4 is 0 Å². The predicted octanol–water partition coefficient (Wildman–Crippen LogP) is 5.33. The number of imidazole rings is 1. The topological polar surface area (TPSA) is 50.5 Å². The normalized spacial score (nSPS) is 11.2. The summed E-state index contributed by atoms with van der Waals surface area (Å²) in [5.41, 5.74) is 4.44. The first-order chi connectivity index (χ1) is 14.0. The molecule has 0 unspecified atom stereocenters. The summed E-state index contributed by atoms with van der Waals surface area (Å²) < 4.78 is 1.72. The first-order valence-corrected chi connectivity index (χ1v) is 10.8. The zero-order valence-corrected chi connectivity index (χ0v) is 18.2. The molecule has 0 radical (unpaired) electrons. The third-order valence-electron chi connectivity index (χ3n) is 5.10. The lowest BCUT2D eigenvalue weighted by molar-refractivity contribution is -0.130. The molecule has 0 aliphatic rings. The Morgan fingerprint density at radius 2 is 1.69 bits per heavy atom. The van der Waals surface area contributed by atoms with Crippen molar-refractivity contribution < 1.29 is 4.79 Å². The fourth-order valence-electron chi connectivity index (χ4n) is 3.37. The maximum absolute atomic E-state index is 13.2. The van der Waals surface area contributed by atoms with Gasteiger partial charge in [-0.1, -0.05) is 68.1 Å². The van der Waals surface area contributed by atoms with Crippen LogP contribution in [0.4, 0.5) is 0 Å². The van der Waals surface area contributed by atoms with Crippen LogP contribution in [-0.2, 0) is 11.2 Å². The van der Waals surface area contributed by atoms with E-state index in [1.54, 1.807) is 10.6 Å². The van der Waals surface area contributed by atoms with E-state index in [1.807, 2.05) is 23.1 Å². The number of benzene rings is 1. The summed E-state index contributed by atoms with van der Waals surface area (Å²) in [6.07, 6.45) is 4.41. The zero-order valence-electron chi connectivity index (χ0n) is 17.5. The highest BCUT2D eigenvalue weighted by molar-refractivity contribution is 6.29. The van der Waals surface area contributed by atoms with Crippen LogP contribution in [0.5, 0.6) is 0 Å². The molecule has 2 aromatic heterocycles. The van der Waals surface area contributed by atoms with Gasteiger partial charge >= 0.3 is 0 Å². The van der Waals surface area contributed by atoms with Crippen molar-refractivity contribution in [3.05, 3.63) is 52.8 Å². The lowest BCUT2D eigenvalue weighted by Gasteiger charge is -2.22. The van der Waals surface area contributed by atoms with Crippen LogP contribution in [0, 0.1) is 6.92 Å². The summed E-state index contributed by atoms with van der Waals surface area (Å²) in [6, 6.07) is 11.8. The highest BCUT2D eigenvalue weighted by Gasteiger charge is 2.21. The summed E-state index contributed by atoms with van der Waals surface area (Å²) >= 11 is 6.15. The van der Waals surface area contributed by atoms with E-state index in [-0.39, 0.29) is 12.3 Å². The monoisotopic (exact) mass is 412 g/mol. The number of nitrogens with zero attached hydrogens (tertiary/aromatic N) is 4. The summed E-state index contributed by atoms with van der Waals surface area (Å²) in [7, 11) is 0. The number of carbonyl (C=O) groups excluding carboxylic acids is 1. The number of carbonyl (C=O) groups is 1. The van der Waals surface area contributed by atoms with Crippen LogP contribution in [0.1, 0.15) is 50.8 Å². The van der Waals surface area contributed by atoms with Crippen molar-refractivity contribution in [2.24, 2.45) is 0 Å². The van der Waals surface area contributed by atoms with Gasteiger partial charge < -0.3 is 4.90 Å². The molecule has 0 fully saturated rings. The fraction of sp³-hybridized carbons (Fsp3) is 0.435. The molecular weight excluding hydrogens is 384 g/mol. The Bertz CT molecular complexity index is 957. The van der Waals surface area contributed by atoms with Crippen LogP contribution in [0.25, 0.3) is 16.9 Å². The predicted molar refractivity (Wildman–Crippen MR) is 118 cm³/mol. The average molecular weight is 413 g/mol. The van der Waals surface area contributed by atoms with Crippen molar-refractivity contribution in [1.82, 2.24) is 19.5 Å². The lowest BCUT2D eigenvalue weighted by Crippen LogP contribution is -2.34. The molecule has 0 aliphatic carbocycles. The third kappa shape index (κ3) is 5.15. The van der Waals surface area contributed by atoms with E-state index in [9.17, 15) is 4.79 Å². The van der Waals surface area contributed by atoms with Crippen molar-refractivity contribution >= 4 is 23.2 Å². The van der Waals surface area contributed by atoms with Crippen molar-refractivity contribution in [3.8, 4) is 11.3 Å². The molecule has 0 bridgehead atoms. The number of hydrogen-bond acceptors (Lipinski definition) is 3. The Morgan fingerprint density at radius 1 is 1.03 bits per heavy atom. The molecule has 3 aromatic rings. The maximum Gasteiger partial charge on any atom is 0.228 e. The molecule has 6 heteroatoms. The number of fused-ring (bicyclic) bond motifs is 1. The minimum atomic E-state index is 0.115. The molecule has 1 amide bonds. The first-order valence-electron chi connectivity index (χ1n) is 10.4. The standard InChI is InChI=1S/C23H29ClN4O/c1-4-6-14-27(15-7-5-2)22(29)16-19-23(18-10-8-17(3)9-11-18)25-21-13-12-20(24)26-28(19)21/h8-13H,4-7,14-16H2,1-3H3. The molecule has 2 heterocycles. The Balaban J connectivity index is 1.99. The Morgan fingerprint density at radius 3 is 2.31 bits per heavy atom. The number of aromatic nitrogens is 3. The van der Waals surface area contributed by atoms with Gasteiger partial charge in [0.2, 0.25) is 5.91 Å². The van der Waals surface area contributed by atoms with E-state index >= 15 is 0 Å². The minimum absolute atomic E-state index is 0.115. The van der Waals surface area contributed by atoms with Crippen molar-refractivity contribution in [2.75, 3.05) is 13.1 Å². The average Bonchev–Trinajstić information content (AvgIpc) is 3.06. The largest absolute Gasteiger partial charge is 0.342 e. The summed E-state index contributed by atoms with van der Waals surface area (Å²) in [5.74, 6) is 0.115. The van der Waals surface area contributed by atoms with E-state index in [0.29, 0.717) is 10.8 Å². The Labute approximate surface area is 177 Å². The molecule has 0 saturated heterocycles. The summed E-state index contributed by atoms with van der Waals surface area (Å²) in [4.78, 5) is 20.0. The molecule has 1 aromatic carbocycles. The highest BCUT2D eigenvalue weighted by Crippen LogP contribution is 2.26. The molecule has 0 N–H and O–H groups in total. The number of halogens is 1. The van der Waals surface area contributed by atoms with Gasteiger partial charge in [-0.15, -0.1) is 0 Å². The number of unbranched alkanes of at least 4 members (excludes halogenated alkanes) is 2. The maximum atomic E-state index is 13.2. The molecule has 3 rings (SSSR count). The van der Waals surface area contributed by atoms with Crippen LogP contribution in [-0.4, -0.2) is 38.5 Å². The van der Waals surface area contributed by atoms with Crippen LogP contribution in [0.2, 0.25) is 5.15 Å². The molecule has 0 saturated carbocycles. The first kappa shape index (κ1) is 21.3. The van der Waals surface area contributed by atoms with E-state index in [1.165, 1.54) is 5.56 Å². The van der Waals surface area contributed by atoms with Gasteiger partial charge in [0.1, 0.15) is 5.15 Å². The second-order valence-corrected chi connectivity index (χ2v) is 7.85. The smallest absolute Gasteiger partial charge is 0.228 e. The van der Waals surface area contributed by atoms with E-state index in [2.05, 4.69) is 38.0 Å². The number of rotatable bonds is 9. The van der Waals surface area contributed by atoms with Gasteiger partial charge in [-0.3, -0.25) is 4.79 Å². The third-order valence-corrected chi connectivity index (χ3v) is 5.30.